The molecule has 1 aromatic carbocycles. The number of H-pyrrole nitrogens is 1. The van der Waals surface area contributed by atoms with E-state index in [4.69, 9.17) is 12.2 Å². The van der Waals surface area contributed by atoms with Gasteiger partial charge in [-0.1, -0.05) is 17.7 Å². The number of fused-ring (bicyclic) bond motifs is 1. The van der Waals surface area contributed by atoms with Gasteiger partial charge in [0.15, 0.2) is 4.77 Å². The number of nitrogens with one attached hydrogen (secondary N) is 1. The molecule has 1 N–H and O–H groups in total. The smallest absolute Gasteiger partial charge is 0.178 e. The quantitative estimate of drug-likeness (QED) is 0.621. The Bertz CT molecular complexity index is 603. The maximum absolute atomic E-state index is 13.5. The van der Waals surface area contributed by atoms with Crippen LogP contribution in [0.5, 0.6) is 0 Å². The third-order valence-electron chi connectivity index (χ3n) is 2.44. The molecule has 84 valence electrons. The van der Waals surface area contributed by atoms with Gasteiger partial charge in [-0.25, -0.2) is 4.39 Å². The largest absolute Gasteiger partial charge is 0.328 e. The predicted molar refractivity (Wildman–Crippen MR) is 66.5 cm³/mol. The molecule has 1 aromatic heterocycles. The Labute approximate surface area is 98.4 Å². The zero-order chi connectivity index (χ0) is 11.7. The molecule has 0 saturated heterocycles. The third-order valence-corrected chi connectivity index (χ3v) is 2.76. The first-order valence-electron chi connectivity index (χ1n) is 5.10. The summed E-state index contributed by atoms with van der Waals surface area (Å²) in [5, 5.41) is 0. The summed E-state index contributed by atoms with van der Waals surface area (Å²) >= 11 is 5.18. The van der Waals surface area contributed by atoms with Crippen molar-refractivity contribution in [3.8, 4) is 0 Å². The first kappa shape index (κ1) is 11.1. The fraction of sp³-hybridized carbons (Fsp3) is 0.250. The zero-order valence-electron chi connectivity index (χ0n) is 9.25. The van der Waals surface area contributed by atoms with E-state index in [0.29, 0.717) is 16.8 Å². The minimum Gasteiger partial charge on any atom is -0.328 e. The Morgan fingerprint density at radius 1 is 1.50 bits per heavy atom. The number of hydrogen-bond acceptors (Lipinski definition) is 1. The van der Waals surface area contributed by atoms with Crippen molar-refractivity contribution < 1.29 is 4.39 Å². The summed E-state index contributed by atoms with van der Waals surface area (Å²) in [6, 6.07) is 4.99. The van der Waals surface area contributed by atoms with Crippen LogP contribution in [0.1, 0.15) is 13.8 Å². The second-order valence-corrected chi connectivity index (χ2v) is 4.34. The van der Waals surface area contributed by atoms with Crippen LogP contribution < -0.4 is 0 Å². The van der Waals surface area contributed by atoms with Gasteiger partial charge in [0.05, 0.1) is 5.52 Å². The van der Waals surface area contributed by atoms with Crippen molar-refractivity contribution in [3.05, 3.63) is 40.4 Å². The second-order valence-electron chi connectivity index (χ2n) is 3.96. The Morgan fingerprint density at radius 3 is 2.94 bits per heavy atom. The third kappa shape index (κ3) is 1.93. The second kappa shape index (κ2) is 4.22. The standard InChI is InChI=1S/C12H13FN2S/c1-8(2)6-7-15-10-5-3-4-9(13)11(10)14-12(15)16/h3-6H,7H2,1-2H3,(H,14,16). The first-order valence-corrected chi connectivity index (χ1v) is 5.51. The minimum absolute atomic E-state index is 0.264. The molecule has 0 fully saturated rings. The average molecular weight is 236 g/mol. The number of hydrogen-bond donors (Lipinski definition) is 1. The summed E-state index contributed by atoms with van der Waals surface area (Å²) in [6.45, 7) is 4.72. The highest BCUT2D eigenvalue weighted by molar-refractivity contribution is 7.71. The van der Waals surface area contributed by atoms with Crippen LogP contribution in [-0.2, 0) is 6.54 Å². The number of nitrogens with zero attached hydrogens (tertiary/aromatic N) is 1. The first-order chi connectivity index (χ1) is 7.59. The highest BCUT2D eigenvalue weighted by Gasteiger charge is 2.06. The van der Waals surface area contributed by atoms with Gasteiger partial charge in [0.2, 0.25) is 0 Å². The number of aromatic nitrogens is 2. The number of rotatable bonds is 2. The average Bonchev–Trinajstić information content (AvgIpc) is 2.53. The molecule has 0 aliphatic rings. The minimum atomic E-state index is -0.264. The Hall–Kier alpha value is -1.42. The molecule has 1 heterocycles. The van der Waals surface area contributed by atoms with E-state index in [2.05, 4.69) is 11.1 Å². The highest BCUT2D eigenvalue weighted by atomic mass is 32.1. The van der Waals surface area contributed by atoms with E-state index >= 15 is 0 Å². The molecule has 0 saturated carbocycles. The van der Waals surface area contributed by atoms with Gasteiger partial charge in [0.1, 0.15) is 11.3 Å². The van der Waals surface area contributed by atoms with Crippen molar-refractivity contribution >= 4 is 23.3 Å². The fourth-order valence-electron chi connectivity index (χ4n) is 1.60. The molecule has 0 spiro atoms. The van der Waals surface area contributed by atoms with E-state index in [-0.39, 0.29) is 5.82 Å². The van der Waals surface area contributed by atoms with Crippen molar-refractivity contribution in [1.82, 2.24) is 9.55 Å². The van der Waals surface area contributed by atoms with Crippen molar-refractivity contribution in [2.75, 3.05) is 0 Å². The molecular weight excluding hydrogens is 223 g/mol. The van der Waals surface area contributed by atoms with Gasteiger partial charge in [-0.3, -0.25) is 0 Å². The van der Waals surface area contributed by atoms with E-state index in [1.807, 2.05) is 24.5 Å². The number of imidazole rings is 1. The number of allylic oxidation sites excluding steroid dienone is 2. The molecule has 0 amide bonds. The van der Waals surface area contributed by atoms with Gasteiger partial charge in [-0.15, -0.1) is 0 Å². The molecule has 16 heavy (non-hydrogen) atoms. The maximum atomic E-state index is 13.5. The lowest BCUT2D eigenvalue weighted by molar-refractivity contribution is 0.637. The molecule has 0 radical (unpaired) electrons. The van der Waals surface area contributed by atoms with Crippen LogP contribution in [0.15, 0.2) is 29.8 Å². The van der Waals surface area contributed by atoms with E-state index in [0.717, 1.165) is 5.52 Å². The Kier molecular flexibility index (Phi) is 2.92. The van der Waals surface area contributed by atoms with Crippen molar-refractivity contribution in [2.45, 2.75) is 20.4 Å². The summed E-state index contributed by atoms with van der Waals surface area (Å²) < 4.78 is 15.9. The normalized spacial score (nSPS) is 10.7. The molecule has 2 aromatic rings. The maximum Gasteiger partial charge on any atom is 0.178 e. The summed E-state index contributed by atoms with van der Waals surface area (Å²) in [4.78, 5) is 2.89. The fourth-order valence-corrected chi connectivity index (χ4v) is 1.88. The van der Waals surface area contributed by atoms with Gasteiger partial charge in [-0.2, -0.15) is 0 Å². The van der Waals surface area contributed by atoms with Crippen LogP contribution >= 0.6 is 12.2 Å². The van der Waals surface area contributed by atoms with Crippen LogP contribution in [0.3, 0.4) is 0 Å². The van der Waals surface area contributed by atoms with Gasteiger partial charge in [-0.05, 0) is 38.2 Å². The number of benzene rings is 1. The van der Waals surface area contributed by atoms with Crippen molar-refractivity contribution in [1.29, 1.82) is 0 Å². The number of para-hydroxylation sites is 1. The lowest BCUT2D eigenvalue weighted by Gasteiger charge is -2.00. The number of halogens is 1. The van der Waals surface area contributed by atoms with Gasteiger partial charge < -0.3 is 9.55 Å². The Balaban J connectivity index is 2.61. The van der Waals surface area contributed by atoms with Crippen LogP contribution in [-0.4, -0.2) is 9.55 Å². The lowest BCUT2D eigenvalue weighted by atomic mass is 10.3. The molecular formula is C12H13FN2S. The summed E-state index contributed by atoms with van der Waals surface area (Å²) in [6.07, 6.45) is 2.06. The van der Waals surface area contributed by atoms with E-state index in [1.54, 1.807) is 6.07 Å². The SMILES string of the molecule is CC(C)=CCn1c(=S)[nH]c2c(F)cccc21. The summed E-state index contributed by atoms with van der Waals surface area (Å²) in [5.74, 6) is -0.264. The van der Waals surface area contributed by atoms with Crippen LogP contribution in [0, 0.1) is 10.6 Å². The van der Waals surface area contributed by atoms with Crippen molar-refractivity contribution in [3.63, 3.8) is 0 Å². The molecule has 0 bridgehead atoms. The lowest BCUT2D eigenvalue weighted by Crippen LogP contribution is -1.95. The highest BCUT2D eigenvalue weighted by Crippen LogP contribution is 2.17. The van der Waals surface area contributed by atoms with Crippen LogP contribution in [0.4, 0.5) is 4.39 Å². The molecule has 2 nitrogen and oxygen atoms in total. The molecule has 2 rings (SSSR count). The van der Waals surface area contributed by atoms with E-state index < -0.39 is 0 Å². The monoisotopic (exact) mass is 236 g/mol. The molecule has 0 unspecified atom stereocenters. The zero-order valence-corrected chi connectivity index (χ0v) is 10.1. The molecule has 0 aliphatic carbocycles. The van der Waals surface area contributed by atoms with E-state index in [1.165, 1.54) is 11.6 Å². The van der Waals surface area contributed by atoms with E-state index in [9.17, 15) is 4.39 Å². The van der Waals surface area contributed by atoms with Gasteiger partial charge in [0.25, 0.3) is 0 Å². The van der Waals surface area contributed by atoms with Gasteiger partial charge >= 0.3 is 0 Å². The predicted octanol–water partition coefficient (Wildman–Crippen LogP) is 3.80. The summed E-state index contributed by atoms with van der Waals surface area (Å²) in [5.41, 5.74) is 2.50. The number of aromatic amines is 1. The summed E-state index contributed by atoms with van der Waals surface area (Å²) in [7, 11) is 0. The Morgan fingerprint density at radius 2 is 2.25 bits per heavy atom. The topological polar surface area (TPSA) is 20.7 Å². The van der Waals surface area contributed by atoms with Crippen molar-refractivity contribution in [2.24, 2.45) is 0 Å². The van der Waals surface area contributed by atoms with Crippen LogP contribution in [0.25, 0.3) is 11.0 Å². The van der Waals surface area contributed by atoms with Gasteiger partial charge in [0, 0.05) is 6.54 Å². The molecule has 0 atom stereocenters. The molecule has 4 heteroatoms. The van der Waals surface area contributed by atoms with Crippen LogP contribution in [0.2, 0.25) is 0 Å². The molecule has 0 aliphatic heterocycles.